The van der Waals surface area contributed by atoms with E-state index in [2.05, 4.69) is 13.8 Å². The van der Waals surface area contributed by atoms with Crippen molar-refractivity contribution in [3.05, 3.63) is 0 Å². The Bertz CT molecular complexity index is 414. The van der Waals surface area contributed by atoms with Crippen molar-refractivity contribution in [3.8, 4) is 0 Å². The number of hydrogen-bond acceptors (Lipinski definition) is 0. The van der Waals surface area contributed by atoms with Gasteiger partial charge in [-0.2, -0.15) is 0 Å². The van der Waals surface area contributed by atoms with Gasteiger partial charge in [0.15, 0.2) is 0 Å². The number of fused-ring (bicyclic) bond motifs is 4. The molecule has 0 nitrogen and oxygen atoms in total. The second-order valence-corrected chi connectivity index (χ2v) is 8.68. The summed E-state index contributed by atoms with van der Waals surface area (Å²) in [5, 5.41) is 0. The first kappa shape index (κ1) is 8.99. The van der Waals surface area contributed by atoms with Crippen molar-refractivity contribution in [2.75, 3.05) is 0 Å². The van der Waals surface area contributed by atoms with E-state index in [1.807, 2.05) is 0 Å². The fraction of sp³-hybridized carbons (Fsp3) is 1.00. The Kier molecular flexibility index (Phi) is 1.19. The minimum atomic E-state index is 0.785. The number of hydrogen-bond donors (Lipinski definition) is 0. The monoisotopic (exact) mass is 228 g/mol. The lowest BCUT2D eigenvalue weighted by molar-refractivity contribution is -0.0654. The molecule has 0 amide bonds. The zero-order valence-electron chi connectivity index (χ0n) is 11.1. The van der Waals surface area contributed by atoms with Crippen molar-refractivity contribution in [3.63, 3.8) is 0 Å². The van der Waals surface area contributed by atoms with Crippen molar-refractivity contribution in [1.82, 2.24) is 0 Å². The Labute approximate surface area is 105 Å². The summed E-state index contributed by atoms with van der Waals surface area (Å²) in [4.78, 5) is 0. The Morgan fingerprint density at radius 1 is 0.882 bits per heavy atom. The highest BCUT2D eigenvalue weighted by Crippen LogP contribution is 2.88. The fourth-order valence-electron chi connectivity index (χ4n) is 8.73. The summed E-state index contributed by atoms with van der Waals surface area (Å²) in [5.41, 5.74) is 0.785. The largest absolute Gasteiger partial charge is 0.0648 e. The van der Waals surface area contributed by atoms with Crippen LogP contribution >= 0.6 is 0 Å². The standard InChI is InChI=1S/C17H24/c1-3-17(2)10-6-9(10)13-14-11-7-4-5-8(11)12(7)15(14)16(13)17/h7-16H,3-6H2,1-2H3/t7-,8?,9?,10-,11?,12?,13+,14+,15?,16?,17?/m0/s1. The smallest absolute Gasteiger partial charge is 0.0263 e. The van der Waals surface area contributed by atoms with Gasteiger partial charge in [0.1, 0.15) is 0 Å². The van der Waals surface area contributed by atoms with Crippen LogP contribution < -0.4 is 0 Å². The molecule has 92 valence electrons. The molecule has 0 radical (unpaired) electrons. The summed E-state index contributed by atoms with van der Waals surface area (Å²) in [5.74, 6) is 12.3. The highest BCUT2D eigenvalue weighted by atomic mass is 14.9. The Balaban J connectivity index is 1.47. The zero-order valence-corrected chi connectivity index (χ0v) is 11.1. The quantitative estimate of drug-likeness (QED) is 0.640. The molecule has 8 fully saturated rings. The van der Waals surface area contributed by atoms with Crippen LogP contribution in [0.5, 0.6) is 0 Å². The molecule has 0 spiro atoms. The first-order chi connectivity index (χ1) is 8.27. The predicted molar refractivity (Wildman–Crippen MR) is 67.1 cm³/mol. The van der Waals surface area contributed by atoms with E-state index in [9.17, 15) is 0 Å². The summed E-state index contributed by atoms with van der Waals surface area (Å²) in [7, 11) is 0. The van der Waals surface area contributed by atoms with Gasteiger partial charge in [-0.1, -0.05) is 20.3 Å². The van der Waals surface area contributed by atoms with Crippen LogP contribution in [-0.4, -0.2) is 0 Å². The van der Waals surface area contributed by atoms with E-state index >= 15 is 0 Å². The van der Waals surface area contributed by atoms with Crippen LogP contribution in [0.3, 0.4) is 0 Å². The minimum absolute atomic E-state index is 0.785. The molecule has 0 aliphatic heterocycles. The van der Waals surface area contributed by atoms with Gasteiger partial charge in [-0.3, -0.25) is 0 Å². The lowest BCUT2D eigenvalue weighted by Crippen LogP contribution is -2.49. The summed E-state index contributed by atoms with van der Waals surface area (Å²) in [6.07, 6.45) is 6.36. The van der Waals surface area contributed by atoms with E-state index in [0.29, 0.717) is 0 Å². The molecule has 8 aliphatic carbocycles. The van der Waals surface area contributed by atoms with Crippen molar-refractivity contribution >= 4 is 0 Å². The van der Waals surface area contributed by atoms with E-state index < -0.39 is 0 Å². The van der Waals surface area contributed by atoms with Gasteiger partial charge >= 0.3 is 0 Å². The van der Waals surface area contributed by atoms with E-state index in [4.69, 9.17) is 0 Å². The van der Waals surface area contributed by atoms with E-state index in [1.165, 1.54) is 65.6 Å². The molecule has 0 heteroatoms. The summed E-state index contributed by atoms with van der Waals surface area (Å²) >= 11 is 0. The van der Waals surface area contributed by atoms with Crippen molar-refractivity contribution in [1.29, 1.82) is 0 Å². The molecular weight excluding hydrogens is 204 g/mol. The summed E-state index contributed by atoms with van der Waals surface area (Å²) < 4.78 is 0. The average molecular weight is 228 g/mol. The van der Waals surface area contributed by atoms with Crippen LogP contribution in [0.2, 0.25) is 0 Å². The van der Waals surface area contributed by atoms with Gasteiger partial charge < -0.3 is 0 Å². The molecule has 8 saturated carbocycles. The van der Waals surface area contributed by atoms with Gasteiger partial charge in [-0.15, -0.1) is 0 Å². The van der Waals surface area contributed by atoms with Gasteiger partial charge in [0.05, 0.1) is 0 Å². The van der Waals surface area contributed by atoms with Crippen LogP contribution in [0.1, 0.15) is 39.5 Å². The SMILES string of the molecule is CCC1(C)C2C3C4C5CC[C@H]4C5[C@@H]3[C@H]2C2C[C@@H]21. The van der Waals surface area contributed by atoms with Gasteiger partial charge in [-0.05, 0) is 83.9 Å². The van der Waals surface area contributed by atoms with Crippen LogP contribution in [0, 0.1) is 64.6 Å². The molecule has 11 atom stereocenters. The molecule has 0 aromatic heterocycles. The van der Waals surface area contributed by atoms with Gasteiger partial charge in [0.2, 0.25) is 0 Å². The molecule has 17 heavy (non-hydrogen) atoms. The normalized spacial score (nSPS) is 80.1. The molecule has 0 N–H and O–H groups in total. The van der Waals surface area contributed by atoms with Crippen LogP contribution in [-0.2, 0) is 0 Å². The highest BCUT2D eigenvalue weighted by molar-refractivity contribution is 5.31. The predicted octanol–water partition coefficient (Wildman–Crippen LogP) is 3.82. The van der Waals surface area contributed by atoms with Crippen LogP contribution in [0.25, 0.3) is 0 Å². The molecule has 0 aromatic carbocycles. The third-order valence-electron chi connectivity index (χ3n) is 9.12. The third-order valence-corrected chi connectivity index (χ3v) is 9.12. The minimum Gasteiger partial charge on any atom is -0.0648 e. The summed E-state index contributed by atoms with van der Waals surface area (Å²) in [6.45, 7) is 5.16. The first-order valence-electron chi connectivity index (χ1n) is 8.27. The molecule has 0 aromatic rings. The molecule has 0 saturated heterocycles. The second-order valence-electron chi connectivity index (χ2n) is 8.68. The molecule has 8 rings (SSSR count). The molecule has 8 aliphatic rings. The summed E-state index contributed by atoms with van der Waals surface area (Å²) in [6, 6.07) is 0. The maximum Gasteiger partial charge on any atom is -0.0263 e. The van der Waals surface area contributed by atoms with Gasteiger partial charge in [0, 0.05) is 0 Å². The zero-order chi connectivity index (χ0) is 11.1. The fourth-order valence-corrected chi connectivity index (χ4v) is 8.73. The molecule has 7 unspecified atom stereocenters. The van der Waals surface area contributed by atoms with Gasteiger partial charge in [0.25, 0.3) is 0 Å². The van der Waals surface area contributed by atoms with Crippen molar-refractivity contribution < 1.29 is 0 Å². The Hall–Kier alpha value is 0. The Morgan fingerprint density at radius 3 is 2.29 bits per heavy atom. The van der Waals surface area contributed by atoms with Crippen molar-refractivity contribution in [2.45, 2.75) is 39.5 Å². The van der Waals surface area contributed by atoms with Crippen LogP contribution in [0.15, 0.2) is 0 Å². The highest BCUT2D eigenvalue weighted by Gasteiger charge is 2.83. The Morgan fingerprint density at radius 2 is 1.59 bits per heavy atom. The third kappa shape index (κ3) is 0.640. The van der Waals surface area contributed by atoms with Crippen molar-refractivity contribution in [2.24, 2.45) is 64.6 Å². The molecule has 4 bridgehead atoms. The van der Waals surface area contributed by atoms with Crippen LogP contribution in [0.4, 0.5) is 0 Å². The van der Waals surface area contributed by atoms with E-state index in [1.54, 1.807) is 19.3 Å². The lowest BCUT2D eigenvalue weighted by atomic mass is 9.51. The van der Waals surface area contributed by atoms with E-state index in [-0.39, 0.29) is 0 Å². The number of rotatable bonds is 1. The topological polar surface area (TPSA) is 0 Å². The first-order valence-corrected chi connectivity index (χ1v) is 8.27. The average Bonchev–Trinajstić information content (AvgIpc) is 2.67. The molecular formula is C17H24. The lowest BCUT2D eigenvalue weighted by Gasteiger charge is -2.53. The van der Waals surface area contributed by atoms with Gasteiger partial charge in [-0.25, -0.2) is 0 Å². The molecule has 0 heterocycles. The maximum atomic E-state index is 2.68. The maximum absolute atomic E-state index is 2.68. The second kappa shape index (κ2) is 2.25. The van der Waals surface area contributed by atoms with E-state index in [0.717, 1.165) is 5.41 Å².